The van der Waals surface area contributed by atoms with Gasteiger partial charge in [0.1, 0.15) is 5.82 Å². The van der Waals surface area contributed by atoms with Gasteiger partial charge in [0.25, 0.3) is 0 Å². The minimum Gasteiger partial charge on any atom is -0.310 e. The van der Waals surface area contributed by atoms with E-state index in [-0.39, 0.29) is 11.9 Å². The van der Waals surface area contributed by atoms with Crippen molar-refractivity contribution in [3.8, 4) is 0 Å². The van der Waals surface area contributed by atoms with E-state index in [4.69, 9.17) is 0 Å². The predicted octanol–water partition coefficient (Wildman–Crippen LogP) is 4.38. The van der Waals surface area contributed by atoms with Crippen molar-refractivity contribution >= 4 is 27.7 Å². The van der Waals surface area contributed by atoms with Gasteiger partial charge in [-0.05, 0) is 49.6 Å². The predicted molar refractivity (Wildman–Crippen MR) is 78.1 cm³/mol. The summed E-state index contributed by atoms with van der Waals surface area (Å²) >= 11 is 5.20. The zero-order valence-corrected chi connectivity index (χ0v) is 12.7. The van der Waals surface area contributed by atoms with E-state index in [0.717, 1.165) is 35.2 Å². The van der Waals surface area contributed by atoms with E-state index in [0.29, 0.717) is 0 Å². The average Bonchev–Trinajstić information content (AvgIpc) is 2.33. The standard InChI is InChI=1S/C13H19BrFNS/c1-3-7-16-13(6-8-17-2)11-9-10(14)4-5-12(11)15/h4-5,9,13,16H,3,6-8H2,1-2H3. The molecule has 0 saturated heterocycles. The molecule has 0 bridgehead atoms. The fourth-order valence-corrected chi connectivity index (χ4v) is 2.55. The van der Waals surface area contributed by atoms with Crippen molar-refractivity contribution in [2.24, 2.45) is 0 Å². The molecule has 96 valence electrons. The molecule has 1 nitrogen and oxygen atoms in total. The van der Waals surface area contributed by atoms with Crippen molar-refractivity contribution in [3.05, 3.63) is 34.1 Å². The molecule has 1 aromatic carbocycles. The Balaban J connectivity index is 2.82. The number of nitrogens with one attached hydrogen (secondary N) is 1. The second kappa shape index (κ2) is 8.11. The highest BCUT2D eigenvalue weighted by Crippen LogP contribution is 2.25. The summed E-state index contributed by atoms with van der Waals surface area (Å²) in [5, 5.41) is 3.41. The summed E-state index contributed by atoms with van der Waals surface area (Å²) in [6, 6.07) is 5.26. The largest absolute Gasteiger partial charge is 0.310 e. The highest BCUT2D eigenvalue weighted by molar-refractivity contribution is 9.10. The molecule has 1 atom stereocenters. The van der Waals surface area contributed by atoms with Crippen LogP contribution in [-0.2, 0) is 0 Å². The lowest BCUT2D eigenvalue weighted by atomic mass is 10.0. The maximum atomic E-state index is 13.8. The smallest absolute Gasteiger partial charge is 0.128 e. The van der Waals surface area contributed by atoms with E-state index < -0.39 is 0 Å². The topological polar surface area (TPSA) is 12.0 Å². The highest BCUT2D eigenvalue weighted by atomic mass is 79.9. The summed E-state index contributed by atoms with van der Waals surface area (Å²) in [6.07, 6.45) is 4.09. The Bertz CT molecular complexity index is 338. The molecule has 1 rings (SSSR count). The Kier molecular flexibility index (Phi) is 7.16. The SMILES string of the molecule is CCCNC(CCSC)c1cc(Br)ccc1F. The zero-order chi connectivity index (χ0) is 12.7. The van der Waals surface area contributed by atoms with Crippen LogP contribution in [0.3, 0.4) is 0 Å². The van der Waals surface area contributed by atoms with Crippen molar-refractivity contribution < 1.29 is 4.39 Å². The summed E-state index contributed by atoms with van der Waals surface area (Å²) in [5.74, 6) is 0.913. The first-order valence-electron chi connectivity index (χ1n) is 5.86. The first kappa shape index (κ1) is 15.0. The van der Waals surface area contributed by atoms with E-state index in [1.165, 1.54) is 6.07 Å². The molecule has 0 aliphatic heterocycles. The lowest BCUT2D eigenvalue weighted by Gasteiger charge is -2.19. The third-order valence-electron chi connectivity index (χ3n) is 2.58. The normalized spacial score (nSPS) is 12.7. The molecule has 0 aliphatic carbocycles. The number of thioether (sulfide) groups is 1. The number of benzene rings is 1. The van der Waals surface area contributed by atoms with E-state index >= 15 is 0 Å². The molecule has 0 spiro atoms. The molecular formula is C13H19BrFNS. The van der Waals surface area contributed by atoms with Crippen molar-refractivity contribution in [2.45, 2.75) is 25.8 Å². The molecule has 0 aromatic heterocycles. The van der Waals surface area contributed by atoms with Gasteiger partial charge in [0.05, 0.1) is 0 Å². The molecule has 17 heavy (non-hydrogen) atoms. The maximum Gasteiger partial charge on any atom is 0.128 e. The van der Waals surface area contributed by atoms with Gasteiger partial charge in [-0.2, -0.15) is 11.8 Å². The molecule has 4 heteroatoms. The molecule has 1 unspecified atom stereocenters. The fraction of sp³-hybridized carbons (Fsp3) is 0.538. The van der Waals surface area contributed by atoms with Crippen LogP contribution in [0.15, 0.2) is 22.7 Å². The first-order chi connectivity index (χ1) is 8.19. The minimum atomic E-state index is -0.122. The van der Waals surface area contributed by atoms with Crippen LogP contribution in [-0.4, -0.2) is 18.6 Å². The molecular weight excluding hydrogens is 301 g/mol. The summed E-state index contributed by atoms with van der Waals surface area (Å²) in [4.78, 5) is 0. The number of hydrogen-bond donors (Lipinski definition) is 1. The van der Waals surface area contributed by atoms with Gasteiger partial charge < -0.3 is 5.32 Å². The van der Waals surface area contributed by atoms with Crippen LogP contribution in [0.25, 0.3) is 0 Å². The third-order valence-corrected chi connectivity index (χ3v) is 3.72. The Morgan fingerprint density at radius 2 is 2.24 bits per heavy atom. The molecule has 0 amide bonds. The molecule has 0 saturated carbocycles. The van der Waals surface area contributed by atoms with Gasteiger partial charge in [-0.25, -0.2) is 4.39 Å². The van der Waals surface area contributed by atoms with Crippen LogP contribution in [0.4, 0.5) is 4.39 Å². The molecule has 0 heterocycles. The van der Waals surface area contributed by atoms with Gasteiger partial charge in [0, 0.05) is 16.1 Å². The fourth-order valence-electron chi connectivity index (χ4n) is 1.70. The van der Waals surface area contributed by atoms with Crippen LogP contribution in [0.5, 0.6) is 0 Å². The van der Waals surface area contributed by atoms with Crippen LogP contribution in [0.1, 0.15) is 31.4 Å². The lowest BCUT2D eigenvalue weighted by molar-refractivity contribution is 0.491. The van der Waals surface area contributed by atoms with E-state index in [9.17, 15) is 4.39 Å². The molecule has 1 aromatic rings. The van der Waals surface area contributed by atoms with Gasteiger partial charge in [-0.1, -0.05) is 22.9 Å². The van der Waals surface area contributed by atoms with Crippen LogP contribution in [0.2, 0.25) is 0 Å². The summed E-state index contributed by atoms with van der Waals surface area (Å²) < 4.78 is 14.7. The van der Waals surface area contributed by atoms with Crippen LogP contribution < -0.4 is 5.32 Å². The van der Waals surface area contributed by atoms with Gasteiger partial charge in [0.15, 0.2) is 0 Å². The van der Waals surface area contributed by atoms with Crippen molar-refractivity contribution in [1.82, 2.24) is 5.32 Å². The summed E-state index contributed by atoms with van der Waals surface area (Å²) in [7, 11) is 0. The average molecular weight is 320 g/mol. The summed E-state index contributed by atoms with van der Waals surface area (Å²) in [5.41, 5.74) is 0.766. The minimum absolute atomic E-state index is 0.111. The number of rotatable bonds is 7. The summed E-state index contributed by atoms with van der Waals surface area (Å²) in [6.45, 7) is 3.04. The number of hydrogen-bond acceptors (Lipinski definition) is 2. The van der Waals surface area contributed by atoms with Gasteiger partial charge >= 0.3 is 0 Å². The second-order valence-corrected chi connectivity index (χ2v) is 5.86. The lowest BCUT2D eigenvalue weighted by Crippen LogP contribution is -2.23. The molecule has 0 radical (unpaired) electrons. The zero-order valence-electron chi connectivity index (χ0n) is 10.3. The Morgan fingerprint density at radius 1 is 1.47 bits per heavy atom. The van der Waals surface area contributed by atoms with Crippen LogP contribution in [0, 0.1) is 5.82 Å². The first-order valence-corrected chi connectivity index (χ1v) is 8.05. The van der Waals surface area contributed by atoms with Gasteiger partial charge in [-0.15, -0.1) is 0 Å². The van der Waals surface area contributed by atoms with Crippen molar-refractivity contribution in [2.75, 3.05) is 18.6 Å². The van der Waals surface area contributed by atoms with E-state index in [2.05, 4.69) is 34.4 Å². The van der Waals surface area contributed by atoms with Crippen LogP contribution >= 0.6 is 27.7 Å². The Hall–Kier alpha value is -0.0600. The van der Waals surface area contributed by atoms with Gasteiger partial charge in [-0.3, -0.25) is 0 Å². The Labute approximate surface area is 116 Å². The Morgan fingerprint density at radius 3 is 2.88 bits per heavy atom. The maximum absolute atomic E-state index is 13.8. The monoisotopic (exact) mass is 319 g/mol. The highest BCUT2D eigenvalue weighted by Gasteiger charge is 2.14. The van der Waals surface area contributed by atoms with Crippen molar-refractivity contribution in [3.63, 3.8) is 0 Å². The number of halogens is 2. The molecule has 0 aliphatic rings. The van der Waals surface area contributed by atoms with E-state index in [1.54, 1.807) is 17.8 Å². The second-order valence-electron chi connectivity index (χ2n) is 3.95. The third kappa shape index (κ3) is 4.98. The van der Waals surface area contributed by atoms with E-state index in [1.807, 2.05) is 6.07 Å². The van der Waals surface area contributed by atoms with Crippen molar-refractivity contribution in [1.29, 1.82) is 0 Å². The molecule has 1 N–H and O–H groups in total. The quantitative estimate of drug-likeness (QED) is 0.800. The van der Waals surface area contributed by atoms with Gasteiger partial charge in [0.2, 0.25) is 0 Å². The molecule has 0 fully saturated rings.